The van der Waals surface area contributed by atoms with E-state index >= 15 is 0 Å². The summed E-state index contributed by atoms with van der Waals surface area (Å²) < 4.78 is 12.3. The maximum Gasteiger partial charge on any atom is 0.247 e. The van der Waals surface area contributed by atoms with Gasteiger partial charge in [0.05, 0.1) is 29.9 Å². The van der Waals surface area contributed by atoms with Crippen LogP contribution < -0.4 is 14.8 Å². The lowest BCUT2D eigenvalue weighted by molar-refractivity contribution is -0.139. The number of carbonyl (C=O) groups excluding carboxylic acids is 2. The predicted octanol–water partition coefficient (Wildman–Crippen LogP) is 1.50. The van der Waals surface area contributed by atoms with Crippen molar-refractivity contribution in [3.63, 3.8) is 0 Å². The fourth-order valence-corrected chi connectivity index (χ4v) is 5.60. The summed E-state index contributed by atoms with van der Waals surface area (Å²) in [5.41, 5.74) is 1.04. The van der Waals surface area contributed by atoms with Crippen molar-refractivity contribution in [3.8, 4) is 11.5 Å². The molecule has 0 heterocycles. The molecular formula is C24H33IN2O7. The molecule has 4 N–H and O–H groups in total. The van der Waals surface area contributed by atoms with Gasteiger partial charge in [0.2, 0.25) is 11.8 Å². The number of halogens is 1. The molecule has 0 unspecified atom stereocenters. The van der Waals surface area contributed by atoms with E-state index in [0.717, 1.165) is 25.7 Å². The smallest absolute Gasteiger partial charge is 0.247 e. The highest BCUT2D eigenvalue weighted by molar-refractivity contribution is 14.1. The third kappa shape index (κ3) is 6.02. The zero-order valence-electron chi connectivity index (χ0n) is 19.5. The summed E-state index contributed by atoms with van der Waals surface area (Å²) in [7, 11) is 1.49. The molecule has 0 spiro atoms. The fraction of sp³-hybridized carbons (Fsp3) is 0.583. The molecule has 1 fully saturated rings. The van der Waals surface area contributed by atoms with Gasteiger partial charge in [0.25, 0.3) is 0 Å². The van der Waals surface area contributed by atoms with E-state index in [1.807, 2.05) is 0 Å². The quantitative estimate of drug-likeness (QED) is 0.322. The van der Waals surface area contributed by atoms with E-state index in [-0.39, 0.29) is 44.0 Å². The number of benzene rings is 1. The molecule has 34 heavy (non-hydrogen) atoms. The molecule has 1 saturated carbocycles. The number of nitrogens with zero attached hydrogens (tertiary/aromatic N) is 1. The first kappa shape index (κ1) is 26.7. The van der Waals surface area contributed by atoms with E-state index in [1.54, 1.807) is 23.1 Å². The SMILES string of the molecule is COc1cc(CO)cc(I)c1O[C@H]1C=C(C(=O)NCCO)C[C@@H](N(C(C)=O)C2CCCC2)[C@@H]1O. The lowest BCUT2D eigenvalue weighted by Gasteiger charge is -2.43. The van der Waals surface area contributed by atoms with E-state index in [1.165, 1.54) is 14.0 Å². The molecule has 0 saturated heterocycles. The summed E-state index contributed by atoms with van der Waals surface area (Å²) in [5.74, 6) is 0.258. The minimum Gasteiger partial charge on any atom is -0.493 e. The minimum absolute atomic E-state index is 0.0103. The van der Waals surface area contributed by atoms with Crippen molar-refractivity contribution in [2.24, 2.45) is 0 Å². The van der Waals surface area contributed by atoms with Crippen LogP contribution in [-0.2, 0) is 16.2 Å². The Bertz CT molecular complexity index is 917. The molecule has 0 bridgehead atoms. The first-order valence-electron chi connectivity index (χ1n) is 11.5. The van der Waals surface area contributed by atoms with Crippen LogP contribution in [0.2, 0.25) is 0 Å². The summed E-state index contributed by atoms with van der Waals surface area (Å²) in [4.78, 5) is 27.2. The zero-order chi connectivity index (χ0) is 24.8. The Labute approximate surface area is 213 Å². The monoisotopic (exact) mass is 588 g/mol. The molecule has 0 aromatic heterocycles. The summed E-state index contributed by atoms with van der Waals surface area (Å²) in [6, 6.07) is 2.79. The number of aliphatic hydroxyl groups excluding tert-OH is 3. The molecule has 2 aliphatic carbocycles. The van der Waals surface area contributed by atoms with Gasteiger partial charge in [0.15, 0.2) is 11.5 Å². The largest absolute Gasteiger partial charge is 0.493 e. The third-order valence-corrected chi connectivity index (χ3v) is 7.18. The van der Waals surface area contributed by atoms with Gasteiger partial charge in [-0.1, -0.05) is 12.8 Å². The average molecular weight is 588 g/mol. The van der Waals surface area contributed by atoms with Crippen molar-refractivity contribution in [1.82, 2.24) is 10.2 Å². The highest BCUT2D eigenvalue weighted by Gasteiger charge is 2.42. The van der Waals surface area contributed by atoms with Crippen LogP contribution in [0.1, 0.15) is 44.6 Å². The maximum atomic E-state index is 12.8. The number of rotatable bonds is 9. The van der Waals surface area contributed by atoms with Crippen molar-refractivity contribution in [2.45, 2.75) is 69.9 Å². The molecule has 188 valence electrons. The second-order valence-corrected chi connectivity index (χ2v) is 9.81. The van der Waals surface area contributed by atoms with Crippen LogP contribution in [0.5, 0.6) is 11.5 Å². The van der Waals surface area contributed by atoms with Gasteiger partial charge in [-0.2, -0.15) is 0 Å². The van der Waals surface area contributed by atoms with E-state index in [4.69, 9.17) is 14.6 Å². The summed E-state index contributed by atoms with van der Waals surface area (Å²) in [5, 5.41) is 32.7. The van der Waals surface area contributed by atoms with E-state index in [9.17, 15) is 19.8 Å². The van der Waals surface area contributed by atoms with Gasteiger partial charge in [-0.15, -0.1) is 0 Å². The maximum absolute atomic E-state index is 12.8. The lowest BCUT2D eigenvalue weighted by atomic mass is 9.87. The summed E-state index contributed by atoms with van der Waals surface area (Å²) in [6.07, 6.45) is 3.53. The Balaban J connectivity index is 1.98. The van der Waals surface area contributed by atoms with Gasteiger partial charge >= 0.3 is 0 Å². The molecule has 2 amide bonds. The Morgan fingerprint density at radius 2 is 1.94 bits per heavy atom. The van der Waals surface area contributed by atoms with Crippen molar-refractivity contribution in [2.75, 3.05) is 20.3 Å². The van der Waals surface area contributed by atoms with Gasteiger partial charge in [-0.05, 0) is 59.2 Å². The molecular weight excluding hydrogens is 555 g/mol. The van der Waals surface area contributed by atoms with Gasteiger partial charge in [0, 0.05) is 31.5 Å². The highest BCUT2D eigenvalue weighted by atomic mass is 127. The molecule has 1 aromatic carbocycles. The lowest BCUT2D eigenvalue weighted by Crippen LogP contribution is -2.57. The summed E-state index contributed by atoms with van der Waals surface area (Å²) in [6.45, 7) is 1.23. The number of amides is 2. The van der Waals surface area contributed by atoms with Gasteiger partial charge in [-0.25, -0.2) is 0 Å². The third-order valence-electron chi connectivity index (χ3n) is 6.38. The number of methoxy groups -OCH3 is 1. The number of ether oxygens (including phenoxy) is 2. The molecule has 3 atom stereocenters. The highest BCUT2D eigenvalue weighted by Crippen LogP contribution is 2.38. The number of carbonyl (C=O) groups is 2. The summed E-state index contributed by atoms with van der Waals surface area (Å²) >= 11 is 2.07. The van der Waals surface area contributed by atoms with E-state index in [2.05, 4.69) is 27.9 Å². The fourth-order valence-electron chi connectivity index (χ4n) is 4.81. The molecule has 3 rings (SSSR count). The normalized spacial score (nSPS) is 22.8. The van der Waals surface area contributed by atoms with Gasteiger partial charge < -0.3 is 35.0 Å². The van der Waals surface area contributed by atoms with E-state index in [0.29, 0.717) is 26.2 Å². The van der Waals surface area contributed by atoms with Crippen LogP contribution in [0.25, 0.3) is 0 Å². The van der Waals surface area contributed by atoms with Crippen LogP contribution in [0.4, 0.5) is 0 Å². The molecule has 0 radical (unpaired) electrons. The van der Waals surface area contributed by atoms with Crippen molar-refractivity contribution in [3.05, 3.63) is 32.9 Å². The van der Waals surface area contributed by atoms with Crippen molar-refractivity contribution < 1.29 is 34.4 Å². The van der Waals surface area contributed by atoms with Crippen molar-refractivity contribution in [1.29, 1.82) is 0 Å². The van der Waals surface area contributed by atoms with Crippen molar-refractivity contribution >= 4 is 34.4 Å². The molecule has 2 aliphatic rings. The molecule has 9 nitrogen and oxygen atoms in total. The number of hydrogen-bond donors (Lipinski definition) is 4. The molecule has 1 aromatic rings. The standard InChI is InChI=1S/C24H33IN2O7/c1-14(30)27(17-5-3-4-6-17)19-11-16(24(32)26-7-8-28)12-20(22(19)31)34-23-18(25)9-15(13-29)10-21(23)33-2/h9-10,12,17,19-20,22,28-29,31H,3-8,11,13H2,1-2H3,(H,26,32)/t19-,20+,22+/m1/s1. The Morgan fingerprint density at radius 3 is 2.53 bits per heavy atom. The van der Waals surface area contributed by atoms with Crippen LogP contribution in [0.15, 0.2) is 23.8 Å². The van der Waals surface area contributed by atoms with Gasteiger partial charge in [0.1, 0.15) is 12.2 Å². The first-order chi connectivity index (χ1) is 16.3. The predicted molar refractivity (Wildman–Crippen MR) is 133 cm³/mol. The molecule has 0 aliphatic heterocycles. The second kappa shape index (κ2) is 12.2. The number of aliphatic hydroxyl groups is 3. The van der Waals surface area contributed by atoms with Crippen LogP contribution in [0, 0.1) is 3.57 Å². The number of hydrogen-bond acceptors (Lipinski definition) is 7. The van der Waals surface area contributed by atoms with Gasteiger partial charge in [-0.3, -0.25) is 9.59 Å². The van der Waals surface area contributed by atoms with Crippen LogP contribution in [0.3, 0.4) is 0 Å². The van der Waals surface area contributed by atoms with E-state index < -0.39 is 18.2 Å². The van der Waals surface area contributed by atoms with Crippen LogP contribution in [-0.4, -0.2) is 76.6 Å². The zero-order valence-corrected chi connectivity index (χ0v) is 21.7. The molecule has 10 heteroatoms. The average Bonchev–Trinajstić information content (AvgIpc) is 3.34. The Hall–Kier alpha value is -1.89. The van der Waals surface area contributed by atoms with Crippen LogP contribution >= 0.6 is 22.6 Å². The number of nitrogens with one attached hydrogen (secondary N) is 1. The second-order valence-electron chi connectivity index (χ2n) is 8.65. The first-order valence-corrected chi connectivity index (χ1v) is 12.6. The Kier molecular flexibility index (Phi) is 9.57. The topological polar surface area (TPSA) is 129 Å². The Morgan fingerprint density at radius 1 is 1.24 bits per heavy atom. The minimum atomic E-state index is -1.07.